The van der Waals surface area contributed by atoms with Crippen molar-refractivity contribution in [2.45, 2.75) is 19.4 Å². The minimum atomic E-state index is -0.617. The predicted molar refractivity (Wildman–Crippen MR) is 124 cm³/mol. The molecule has 0 N–H and O–H groups in total. The van der Waals surface area contributed by atoms with Crippen LogP contribution in [-0.4, -0.2) is 24.3 Å². The summed E-state index contributed by atoms with van der Waals surface area (Å²) in [7, 11) is 1.33. The van der Waals surface area contributed by atoms with E-state index in [2.05, 4.69) is 4.99 Å². The summed E-state index contributed by atoms with van der Waals surface area (Å²) in [6, 6.07) is 17.9. The first-order valence-corrected chi connectivity index (χ1v) is 11.2. The van der Waals surface area contributed by atoms with Gasteiger partial charge in [0.2, 0.25) is 0 Å². The summed E-state index contributed by atoms with van der Waals surface area (Å²) >= 11 is 1.28. The predicted octanol–water partition coefficient (Wildman–Crippen LogP) is 2.70. The van der Waals surface area contributed by atoms with Crippen LogP contribution in [0.2, 0.25) is 0 Å². The van der Waals surface area contributed by atoms with Crippen molar-refractivity contribution >= 4 is 23.4 Å². The number of nitriles is 1. The quantitative estimate of drug-likeness (QED) is 0.529. The second-order valence-corrected chi connectivity index (χ2v) is 8.22. The Morgan fingerprint density at radius 3 is 2.58 bits per heavy atom. The van der Waals surface area contributed by atoms with E-state index in [1.54, 1.807) is 22.8 Å². The summed E-state index contributed by atoms with van der Waals surface area (Å²) in [6.07, 6.45) is 2.32. The molecule has 0 fully saturated rings. The van der Waals surface area contributed by atoms with Gasteiger partial charge in [-0.25, -0.2) is 9.79 Å². The Labute approximate surface area is 194 Å². The molecule has 0 bridgehead atoms. The minimum Gasteiger partial charge on any atom is -0.479 e. The monoisotopic (exact) mass is 459 g/mol. The molecule has 2 aromatic carbocycles. The molecule has 2 heterocycles. The van der Waals surface area contributed by atoms with E-state index in [0.717, 1.165) is 11.1 Å². The number of nitrogens with zero attached hydrogens (tertiary/aromatic N) is 3. The van der Waals surface area contributed by atoms with Crippen molar-refractivity contribution in [1.82, 2.24) is 4.57 Å². The molecule has 0 spiro atoms. The number of esters is 1. The van der Waals surface area contributed by atoms with E-state index >= 15 is 0 Å². The van der Waals surface area contributed by atoms with Gasteiger partial charge in [-0.05, 0) is 35.8 Å². The first-order valence-electron chi connectivity index (χ1n) is 10.3. The highest BCUT2D eigenvalue weighted by molar-refractivity contribution is 7.07. The number of carbonyl (C=O) groups is 1. The van der Waals surface area contributed by atoms with E-state index in [-0.39, 0.29) is 12.2 Å². The van der Waals surface area contributed by atoms with Gasteiger partial charge in [0.15, 0.2) is 11.4 Å². The average molecular weight is 460 g/mol. The van der Waals surface area contributed by atoms with Crippen LogP contribution in [0.15, 0.2) is 75.7 Å². The van der Waals surface area contributed by atoms with E-state index in [9.17, 15) is 9.59 Å². The highest BCUT2D eigenvalue weighted by atomic mass is 32.1. The van der Waals surface area contributed by atoms with Crippen LogP contribution in [0.4, 0.5) is 0 Å². The lowest BCUT2D eigenvalue weighted by atomic mass is 9.95. The standard InChI is InChI=1S/C25H21N3O4S/c1-3-19-21(24(30)31-2)22(17-7-5-4-6-8-17)28-23(29)20(33-25(28)27-19)15-16-9-11-18(12-10-16)32-14-13-26/h4-12,15,22H,3,14H2,1-2H3/b20-15-/t22-/m1/s1. The largest absolute Gasteiger partial charge is 0.479 e. The molecule has 0 radical (unpaired) electrons. The van der Waals surface area contributed by atoms with Crippen LogP contribution in [-0.2, 0) is 9.53 Å². The van der Waals surface area contributed by atoms with Gasteiger partial charge in [0.05, 0.1) is 29.0 Å². The maximum atomic E-state index is 13.5. The number of benzene rings is 2. The summed E-state index contributed by atoms with van der Waals surface area (Å²) in [5.74, 6) is 0.0845. The van der Waals surface area contributed by atoms with Gasteiger partial charge in [-0.2, -0.15) is 5.26 Å². The molecule has 0 saturated heterocycles. The second kappa shape index (κ2) is 9.67. The van der Waals surface area contributed by atoms with E-state index in [1.807, 2.05) is 55.5 Å². The van der Waals surface area contributed by atoms with E-state index in [1.165, 1.54) is 18.4 Å². The van der Waals surface area contributed by atoms with Gasteiger partial charge in [0, 0.05) is 0 Å². The Morgan fingerprint density at radius 1 is 1.21 bits per heavy atom. The summed E-state index contributed by atoms with van der Waals surface area (Å²) in [6.45, 7) is 1.90. The lowest BCUT2D eigenvalue weighted by Gasteiger charge is -2.25. The smallest absolute Gasteiger partial charge is 0.338 e. The van der Waals surface area contributed by atoms with Gasteiger partial charge in [0.25, 0.3) is 5.56 Å². The molecule has 1 atom stereocenters. The van der Waals surface area contributed by atoms with Crippen LogP contribution in [0, 0.1) is 11.3 Å². The van der Waals surface area contributed by atoms with E-state index < -0.39 is 12.0 Å². The lowest BCUT2D eigenvalue weighted by molar-refractivity contribution is -0.136. The van der Waals surface area contributed by atoms with Crippen molar-refractivity contribution in [3.8, 4) is 11.8 Å². The molecule has 0 unspecified atom stereocenters. The van der Waals surface area contributed by atoms with Crippen LogP contribution in [0.1, 0.15) is 30.5 Å². The first kappa shape index (κ1) is 22.2. The fourth-order valence-electron chi connectivity index (χ4n) is 3.74. The number of hydrogen-bond acceptors (Lipinski definition) is 7. The third kappa shape index (κ3) is 4.36. The lowest BCUT2D eigenvalue weighted by Crippen LogP contribution is -2.40. The highest BCUT2D eigenvalue weighted by Crippen LogP contribution is 2.31. The van der Waals surface area contributed by atoms with Gasteiger partial charge in [-0.15, -0.1) is 0 Å². The molecule has 7 nitrogen and oxygen atoms in total. The molecule has 33 heavy (non-hydrogen) atoms. The minimum absolute atomic E-state index is 0.0281. The van der Waals surface area contributed by atoms with Crippen molar-refractivity contribution in [2.75, 3.05) is 13.7 Å². The number of rotatable bonds is 6. The second-order valence-electron chi connectivity index (χ2n) is 7.21. The van der Waals surface area contributed by atoms with Crippen molar-refractivity contribution < 1.29 is 14.3 Å². The number of aromatic nitrogens is 1. The molecular formula is C25H21N3O4S. The Hall–Kier alpha value is -3.96. The fraction of sp³-hybridized carbons (Fsp3) is 0.200. The molecule has 4 rings (SSSR count). The van der Waals surface area contributed by atoms with Crippen molar-refractivity contribution in [1.29, 1.82) is 5.26 Å². The number of fused-ring (bicyclic) bond motifs is 1. The zero-order valence-electron chi connectivity index (χ0n) is 18.1. The molecule has 3 aromatic rings. The number of allylic oxidation sites excluding steroid dienone is 1. The topological polar surface area (TPSA) is 93.7 Å². The van der Waals surface area contributed by atoms with Crippen LogP contribution in [0.3, 0.4) is 0 Å². The molecular weight excluding hydrogens is 438 g/mol. The summed E-state index contributed by atoms with van der Waals surface area (Å²) < 4.78 is 12.4. The van der Waals surface area contributed by atoms with Crippen molar-refractivity contribution in [3.05, 3.63) is 96.7 Å². The number of hydrogen-bond donors (Lipinski definition) is 0. The van der Waals surface area contributed by atoms with Crippen molar-refractivity contribution in [3.63, 3.8) is 0 Å². The maximum absolute atomic E-state index is 13.5. The molecule has 1 aliphatic rings. The van der Waals surface area contributed by atoms with E-state index in [4.69, 9.17) is 14.7 Å². The van der Waals surface area contributed by atoms with Gasteiger partial charge in [-0.1, -0.05) is 60.7 Å². The zero-order valence-corrected chi connectivity index (χ0v) is 19.0. The van der Waals surface area contributed by atoms with Gasteiger partial charge in [-0.3, -0.25) is 9.36 Å². The Balaban J connectivity index is 1.87. The molecule has 0 saturated carbocycles. The Bertz CT molecular complexity index is 1430. The SMILES string of the molecule is CCC1=C(C(=O)OC)[C@@H](c2ccccc2)n2c(s/c(=C\c3ccc(OCC#N)cc3)c2=O)=N1. The summed E-state index contributed by atoms with van der Waals surface area (Å²) in [4.78, 5) is 31.5. The number of ether oxygens (including phenoxy) is 2. The average Bonchev–Trinajstić information content (AvgIpc) is 3.17. The molecule has 166 valence electrons. The van der Waals surface area contributed by atoms with E-state index in [0.29, 0.717) is 32.8 Å². The highest BCUT2D eigenvalue weighted by Gasteiger charge is 2.33. The van der Waals surface area contributed by atoms with Gasteiger partial charge >= 0.3 is 5.97 Å². The zero-order chi connectivity index (χ0) is 23.4. The molecule has 0 aliphatic carbocycles. The van der Waals surface area contributed by atoms with Crippen LogP contribution in [0.25, 0.3) is 6.08 Å². The van der Waals surface area contributed by atoms with Crippen molar-refractivity contribution in [2.24, 2.45) is 4.99 Å². The van der Waals surface area contributed by atoms with Gasteiger partial charge in [0.1, 0.15) is 11.8 Å². The van der Waals surface area contributed by atoms with Crippen LogP contribution < -0.4 is 19.6 Å². The fourth-order valence-corrected chi connectivity index (χ4v) is 4.76. The third-order valence-corrected chi connectivity index (χ3v) is 6.23. The summed E-state index contributed by atoms with van der Waals surface area (Å²) in [5, 5.41) is 8.64. The molecule has 8 heteroatoms. The van der Waals surface area contributed by atoms with Crippen LogP contribution in [0.5, 0.6) is 5.75 Å². The summed E-state index contributed by atoms with van der Waals surface area (Å²) in [5.41, 5.74) is 2.38. The Morgan fingerprint density at radius 2 is 1.94 bits per heavy atom. The number of methoxy groups -OCH3 is 1. The molecule has 1 aliphatic heterocycles. The normalized spacial score (nSPS) is 15.4. The molecule has 0 amide bonds. The van der Waals surface area contributed by atoms with Crippen LogP contribution >= 0.6 is 11.3 Å². The number of carbonyl (C=O) groups excluding carboxylic acids is 1. The van der Waals surface area contributed by atoms with Gasteiger partial charge < -0.3 is 9.47 Å². The Kier molecular flexibility index (Phi) is 6.52. The maximum Gasteiger partial charge on any atom is 0.338 e. The molecule has 1 aromatic heterocycles. The number of thiazole rings is 1. The third-order valence-electron chi connectivity index (χ3n) is 5.25. The first-order chi connectivity index (χ1) is 16.1.